The van der Waals surface area contributed by atoms with Gasteiger partial charge in [-0.3, -0.25) is 10.1 Å². The van der Waals surface area contributed by atoms with Crippen LogP contribution in [-0.4, -0.2) is 15.0 Å². The van der Waals surface area contributed by atoms with Gasteiger partial charge >= 0.3 is 0 Å². The van der Waals surface area contributed by atoms with Gasteiger partial charge in [-0.1, -0.05) is 0 Å². The van der Waals surface area contributed by atoms with Crippen LogP contribution >= 0.6 is 0 Å². The van der Waals surface area contributed by atoms with Crippen LogP contribution in [0.5, 0.6) is 0 Å². The van der Waals surface area contributed by atoms with E-state index < -0.39 is 49.8 Å². The number of nitro groups is 1. The Morgan fingerprint density at radius 1 is 1.19 bits per heavy atom. The van der Waals surface area contributed by atoms with Gasteiger partial charge in [-0.05, 0) is 0 Å². The largest absolute Gasteiger partial charge is 0.281 e. The second-order valence-corrected chi connectivity index (χ2v) is 3.96. The Labute approximate surface area is 88.5 Å². The third-order valence-corrected chi connectivity index (χ3v) is 2.78. The Morgan fingerprint density at radius 2 is 1.62 bits per heavy atom. The lowest BCUT2D eigenvalue weighted by Crippen LogP contribution is -2.13. The average Bonchev–Trinajstić information content (AvgIpc) is 2.14. The van der Waals surface area contributed by atoms with Crippen molar-refractivity contribution in [3.05, 3.63) is 39.4 Å². The molecule has 88 valence electrons. The van der Waals surface area contributed by atoms with E-state index in [0.717, 1.165) is 0 Å². The van der Waals surface area contributed by atoms with Gasteiger partial charge < -0.3 is 0 Å². The fraction of sp³-hybridized carbons (Fsp3) is 0.143. The fourth-order valence-electron chi connectivity index (χ4n) is 0.911. The second kappa shape index (κ2) is 4.56. The van der Waals surface area contributed by atoms with E-state index in [0.29, 0.717) is 0 Å². The van der Waals surface area contributed by atoms with Gasteiger partial charge in [0.05, 0.1) is 0 Å². The van der Waals surface area contributed by atoms with Crippen molar-refractivity contribution in [2.24, 2.45) is 0 Å². The lowest BCUT2D eigenvalue weighted by molar-refractivity contribution is -0.457. The number of rotatable bonds is 3. The first-order chi connectivity index (χ1) is 7.34. The molecule has 16 heavy (non-hydrogen) atoms. The number of halogens is 4. The number of nitrogens with zero attached hydrogens (tertiary/aromatic N) is 1. The van der Waals surface area contributed by atoms with Crippen LogP contribution in [0.25, 0.3) is 0 Å². The summed E-state index contributed by atoms with van der Waals surface area (Å²) in [4.78, 5) is 7.38. The van der Waals surface area contributed by atoms with Crippen molar-refractivity contribution in [1.82, 2.24) is 0 Å². The highest BCUT2D eigenvalue weighted by Crippen LogP contribution is 2.22. The molecule has 0 amide bonds. The van der Waals surface area contributed by atoms with Gasteiger partial charge in [-0.15, -0.1) is 0 Å². The Balaban J connectivity index is 3.32. The van der Waals surface area contributed by atoms with Crippen LogP contribution in [0.4, 0.5) is 17.6 Å². The molecule has 0 bridgehead atoms. The Kier molecular flexibility index (Phi) is 3.58. The molecule has 0 aliphatic heterocycles. The lowest BCUT2D eigenvalue weighted by Gasteiger charge is -2.03. The van der Waals surface area contributed by atoms with Gasteiger partial charge in [0.2, 0.25) is 0 Å². The Hall–Kier alpha value is -1.51. The van der Waals surface area contributed by atoms with E-state index in [1.807, 2.05) is 0 Å². The van der Waals surface area contributed by atoms with Gasteiger partial charge in [-0.25, -0.2) is 21.8 Å². The van der Waals surface area contributed by atoms with E-state index >= 15 is 0 Å². The monoisotopic (exact) mass is 257 g/mol. The third kappa shape index (κ3) is 2.35. The van der Waals surface area contributed by atoms with Crippen molar-refractivity contribution in [3.8, 4) is 0 Å². The quantitative estimate of drug-likeness (QED) is 0.357. The van der Waals surface area contributed by atoms with Crippen molar-refractivity contribution < 1.29 is 26.7 Å². The SMILES string of the molecule is O=[N+]([O-])CS(=O)c1c(F)c(F)cc(F)c1F. The predicted molar refractivity (Wildman–Crippen MR) is 44.5 cm³/mol. The van der Waals surface area contributed by atoms with Crippen molar-refractivity contribution in [2.45, 2.75) is 4.90 Å². The van der Waals surface area contributed by atoms with Crippen LogP contribution < -0.4 is 0 Å². The molecule has 0 aliphatic rings. The van der Waals surface area contributed by atoms with Crippen LogP contribution in [-0.2, 0) is 10.8 Å². The third-order valence-electron chi connectivity index (χ3n) is 1.52. The zero-order chi connectivity index (χ0) is 12.5. The molecule has 1 aromatic carbocycles. The smallest absolute Gasteiger partial charge is 0.264 e. The topological polar surface area (TPSA) is 60.2 Å². The highest BCUT2D eigenvalue weighted by molar-refractivity contribution is 7.84. The van der Waals surface area contributed by atoms with Crippen LogP contribution in [0.15, 0.2) is 11.0 Å². The molecular weight excluding hydrogens is 254 g/mol. The normalized spacial score (nSPS) is 12.5. The standard InChI is InChI=1S/C7H3F4NO3S/c8-3-1-4(9)6(11)7(5(3)10)16(15)2-12(13)14/h1H,2H2. The zero-order valence-corrected chi connectivity index (χ0v) is 8.19. The summed E-state index contributed by atoms with van der Waals surface area (Å²) in [7, 11) is -2.79. The van der Waals surface area contributed by atoms with Gasteiger partial charge in [0.1, 0.15) is 15.7 Å². The summed E-state index contributed by atoms with van der Waals surface area (Å²) in [6, 6.07) is -0.0719. The first kappa shape index (κ1) is 12.6. The molecule has 1 aromatic rings. The highest BCUT2D eigenvalue weighted by Gasteiger charge is 2.26. The molecule has 1 atom stereocenters. The maximum absolute atomic E-state index is 12.9. The lowest BCUT2D eigenvalue weighted by atomic mass is 10.3. The zero-order valence-electron chi connectivity index (χ0n) is 7.38. The molecule has 9 heteroatoms. The molecule has 4 nitrogen and oxygen atoms in total. The molecule has 0 fully saturated rings. The summed E-state index contributed by atoms with van der Waals surface area (Å²) in [5.41, 5.74) is 0. The second-order valence-electron chi connectivity index (χ2n) is 2.60. The van der Waals surface area contributed by atoms with Crippen molar-refractivity contribution in [1.29, 1.82) is 0 Å². The maximum atomic E-state index is 12.9. The van der Waals surface area contributed by atoms with Crippen molar-refractivity contribution in [3.63, 3.8) is 0 Å². The van der Waals surface area contributed by atoms with Gasteiger partial charge in [0, 0.05) is 11.0 Å². The predicted octanol–water partition coefficient (Wildman–Crippen LogP) is 1.58. The highest BCUT2D eigenvalue weighted by atomic mass is 32.2. The van der Waals surface area contributed by atoms with Crippen LogP contribution in [0.1, 0.15) is 0 Å². The molecule has 0 N–H and O–H groups in total. The molecule has 0 aromatic heterocycles. The molecule has 1 unspecified atom stereocenters. The van der Waals surface area contributed by atoms with E-state index in [4.69, 9.17) is 0 Å². The Morgan fingerprint density at radius 3 is 2.00 bits per heavy atom. The summed E-state index contributed by atoms with van der Waals surface area (Å²) >= 11 is 0. The summed E-state index contributed by atoms with van der Waals surface area (Å²) in [6.45, 7) is 0. The van der Waals surface area contributed by atoms with Crippen molar-refractivity contribution >= 4 is 10.8 Å². The molecule has 0 aliphatic carbocycles. The van der Waals surface area contributed by atoms with E-state index in [2.05, 4.69) is 0 Å². The minimum atomic E-state index is -2.79. The minimum absolute atomic E-state index is 0.0719. The maximum Gasteiger partial charge on any atom is 0.281 e. The summed E-state index contributed by atoms with van der Waals surface area (Å²) < 4.78 is 62.2. The molecule has 0 radical (unpaired) electrons. The number of hydrogen-bond acceptors (Lipinski definition) is 3. The number of hydrogen-bond donors (Lipinski definition) is 0. The number of benzene rings is 1. The molecule has 0 heterocycles. The summed E-state index contributed by atoms with van der Waals surface area (Å²) in [6.07, 6.45) is 0. The fourth-order valence-corrected chi connectivity index (χ4v) is 1.83. The van der Waals surface area contributed by atoms with E-state index in [1.54, 1.807) is 0 Å². The Bertz CT molecular complexity index is 453. The molecule has 0 spiro atoms. The first-order valence-electron chi connectivity index (χ1n) is 3.67. The average molecular weight is 257 g/mol. The molecular formula is C7H3F4NO3S. The first-order valence-corrected chi connectivity index (χ1v) is 4.99. The summed E-state index contributed by atoms with van der Waals surface area (Å²) in [5, 5.41) is 9.96. The van der Waals surface area contributed by atoms with Crippen LogP contribution in [0.2, 0.25) is 0 Å². The van der Waals surface area contributed by atoms with Crippen LogP contribution in [0, 0.1) is 33.4 Å². The van der Waals surface area contributed by atoms with Crippen molar-refractivity contribution in [2.75, 3.05) is 5.88 Å². The molecule has 0 saturated heterocycles. The molecule has 0 saturated carbocycles. The van der Waals surface area contributed by atoms with E-state index in [1.165, 1.54) is 0 Å². The van der Waals surface area contributed by atoms with Gasteiger partial charge in [0.15, 0.2) is 23.3 Å². The minimum Gasteiger partial charge on any atom is -0.264 e. The molecule has 1 rings (SSSR count). The van der Waals surface area contributed by atoms with Crippen LogP contribution in [0.3, 0.4) is 0 Å². The summed E-state index contributed by atoms with van der Waals surface area (Å²) in [5.74, 6) is -8.63. The van der Waals surface area contributed by atoms with E-state index in [9.17, 15) is 31.9 Å². The van der Waals surface area contributed by atoms with Gasteiger partial charge in [0.25, 0.3) is 5.88 Å². The van der Waals surface area contributed by atoms with E-state index in [-0.39, 0.29) is 6.07 Å². The van der Waals surface area contributed by atoms with Gasteiger partial charge in [-0.2, -0.15) is 0 Å².